The quantitative estimate of drug-likeness (QED) is 0.459. The predicted octanol–water partition coefficient (Wildman–Crippen LogP) is 2.57. The molecule has 0 aliphatic carbocycles. The zero-order chi connectivity index (χ0) is 12.7. The van der Waals surface area contributed by atoms with E-state index >= 15 is 0 Å². The zero-order valence-electron chi connectivity index (χ0n) is 10.3. The minimum Gasteiger partial charge on any atom is -0.516 e. The number of carbonyl (C=O) groups excluding carboxylic acids is 1. The predicted molar refractivity (Wildman–Crippen MR) is 69.2 cm³/mol. The van der Waals surface area contributed by atoms with Gasteiger partial charge in [-0.2, -0.15) is 0 Å². The summed E-state index contributed by atoms with van der Waals surface area (Å²) in [5.74, 6) is -0.447. The highest BCUT2D eigenvalue weighted by Gasteiger charge is 2.18. The Morgan fingerprint density at radius 1 is 1.29 bits per heavy atom. The van der Waals surface area contributed by atoms with Crippen LogP contribution >= 0.6 is 0 Å². The highest BCUT2D eigenvalue weighted by Crippen LogP contribution is 2.02. The standard InChI is InChI=1S/C12H17NO3Si/c1-17(2,3)16-12(14)9-13-15-10-11-7-5-4-6-8-11/h4-9H,10H2,1-3H3/b13-9-. The molecule has 1 aromatic carbocycles. The van der Waals surface area contributed by atoms with Gasteiger partial charge in [0.15, 0.2) is 0 Å². The first-order valence-corrected chi connectivity index (χ1v) is 8.80. The summed E-state index contributed by atoms with van der Waals surface area (Å²) in [6, 6.07) is 9.62. The van der Waals surface area contributed by atoms with Crippen molar-refractivity contribution in [3.8, 4) is 0 Å². The summed E-state index contributed by atoms with van der Waals surface area (Å²) in [5, 5.41) is 3.57. The summed E-state index contributed by atoms with van der Waals surface area (Å²) in [7, 11) is -1.84. The van der Waals surface area contributed by atoms with Crippen LogP contribution in [0.3, 0.4) is 0 Å². The molecule has 0 amide bonds. The summed E-state index contributed by atoms with van der Waals surface area (Å²) < 4.78 is 5.16. The average Bonchev–Trinajstić information content (AvgIpc) is 2.23. The van der Waals surface area contributed by atoms with Gasteiger partial charge in [0.1, 0.15) is 12.8 Å². The van der Waals surface area contributed by atoms with Crippen LogP contribution in [0.4, 0.5) is 0 Å². The van der Waals surface area contributed by atoms with Gasteiger partial charge in [0.2, 0.25) is 8.32 Å². The van der Waals surface area contributed by atoms with Crippen molar-refractivity contribution < 1.29 is 14.1 Å². The molecule has 0 aromatic heterocycles. The normalized spacial score (nSPS) is 11.5. The number of nitrogens with zero attached hydrogens (tertiary/aromatic N) is 1. The van der Waals surface area contributed by atoms with Gasteiger partial charge >= 0.3 is 5.97 Å². The van der Waals surface area contributed by atoms with Crippen molar-refractivity contribution in [2.24, 2.45) is 5.16 Å². The Morgan fingerprint density at radius 2 is 1.94 bits per heavy atom. The Bertz CT molecular complexity index is 384. The first kappa shape index (κ1) is 13.4. The fraction of sp³-hybridized carbons (Fsp3) is 0.333. The van der Waals surface area contributed by atoms with Crippen molar-refractivity contribution in [1.29, 1.82) is 0 Å². The van der Waals surface area contributed by atoms with Crippen molar-refractivity contribution in [3.63, 3.8) is 0 Å². The molecule has 92 valence electrons. The van der Waals surface area contributed by atoms with Crippen LogP contribution in [0.5, 0.6) is 0 Å². The molecule has 17 heavy (non-hydrogen) atoms. The molecule has 1 aromatic rings. The summed E-state index contributed by atoms with van der Waals surface area (Å²) in [5.41, 5.74) is 1.00. The molecule has 0 atom stereocenters. The molecule has 0 spiro atoms. The minimum absolute atomic E-state index is 0.345. The van der Waals surface area contributed by atoms with Crippen LogP contribution in [0.25, 0.3) is 0 Å². The van der Waals surface area contributed by atoms with Gasteiger partial charge in [-0.05, 0) is 25.2 Å². The van der Waals surface area contributed by atoms with Crippen LogP contribution in [-0.4, -0.2) is 20.5 Å². The minimum atomic E-state index is -1.84. The van der Waals surface area contributed by atoms with Crippen LogP contribution < -0.4 is 0 Å². The Hall–Kier alpha value is -1.62. The SMILES string of the molecule is C[Si](C)(C)OC(=O)/C=N\OCc1ccccc1. The molecule has 0 aliphatic heterocycles. The van der Waals surface area contributed by atoms with E-state index < -0.39 is 14.3 Å². The molecule has 0 fully saturated rings. The third-order valence-corrected chi connectivity index (χ3v) is 2.53. The first-order chi connectivity index (χ1) is 7.97. The molecular weight excluding hydrogens is 234 g/mol. The fourth-order valence-electron chi connectivity index (χ4n) is 1.09. The van der Waals surface area contributed by atoms with Crippen LogP contribution in [0.2, 0.25) is 19.6 Å². The Balaban J connectivity index is 2.29. The smallest absolute Gasteiger partial charge is 0.339 e. The van der Waals surface area contributed by atoms with Crippen molar-refractivity contribution in [3.05, 3.63) is 35.9 Å². The van der Waals surface area contributed by atoms with E-state index in [1.807, 2.05) is 50.0 Å². The van der Waals surface area contributed by atoms with Crippen molar-refractivity contribution in [1.82, 2.24) is 0 Å². The number of hydrogen-bond donors (Lipinski definition) is 0. The third-order valence-electron chi connectivity index (χ3n) is 1.71. The lowest BCUT2D eigenvalue weighted by Gasteiger charge is -2.14. The van der Waals surface area contributed by atoms with Gasteiger partial charge in [0.25, 0.3) is 0 Å². The van der Waals surface area contributed by atoms with E-state index in [0.29, 0.717) is 6.61 Å². The van der Waals surface area contributed by atoms with E-state index in [9.17, 15) is 4.79 Å². The van der Waals surface area contributed by atoms with E-state index in [1.54, 1.807) is 0 Å². The molecule has 0 radical (unpaired) electrons. The average molecular weight is 251 g/mol. The van der Waals surface area contributed by atoms with Crippen LogP contribution in [0.15, 0.2) is 35.5 Å². The fourth-order valence-corrected chi connectivity index (χ4v) is 1.75. The molecule has 0 bridgehead atoms. The van der Waals surface area contributed by atoms with Crippen LogP contribution in [0, 0.1) is 0 Å². The first-order valence-electron chi connectivity index (χ1n) is 5.39. The van der Waals surface area contributed by atoms with E-state index in [2.05, 4.69) is 5.16 Å². The lowest BCUT2D eigenvalue weighted by molar-refractivity contribution is -0.127. The van der Waals surface area contributed by atoms with Crippen molar-refractivity contribution >= 4 is 20.5 Å². The number of rotatable bonds is 5. The second kappa shape index (κ2) is 6.20. The van der Waals surface area contributed by atoms with Crippen LogP contribution in [0.1, 0.15) is 5.56 Å². The van der Waals surface area contributed by atoms with Crippen LogP contribution in [-0.2, 0) is 20.7 Å². The maximum Gasteiger partial charge on any atom is 0.339 e. The largest absolute Gasteiger partial charge is 0.516 e. The molecular formula is C12H17NO3Si. The van der Waals surface area contributed by atoms with E-state index in [4.69, 9.17) is 9.26 Å². The molecule has 0 saturated carbocycles. The molecule has 4 nitrogen and oxygen atoms in total. The van der Waals surface area contributed by atoms with Gasteiger partial charge in [-0.25, -0.2) is 4.79 Å². The summed E-state index contributed by atoms with van der Waals surface area (Å²) >= 11 is 0. The van der Waals surface area contributed by atoms with Gasteiger partial charge < -0.3 is 9.26 Å². The molecule has 0 aliphatic rings. The van der Waals surface area contributed by atoms with Crippen molar-refractivity contribution in [2.75, 3.05) is 0 Å². The summed E-state index contributed by atoms with van der Waals surface area (Å²) in [4.78, 5) is 16.2. The Kier molecular flexibility index (Phi) is 4.90. The Morgan fingerprint density at radius 3 is 2.53 bits per heavy atom. The number of carbonyl (C=O) groups is 1. The maximum absolute atomic E-state index is 11.3. The van der Waals surface area contributed by atoms with E-state index in [-0.39, 0.29) is 0 Å². The number of benzene rings is 1. The molecule has 1 rings (SSSR count). The van der Waals surface area contributed by atoms with Gasteiger partial charge in [-0.15, -0.1) is 0 Å². The van der Waals surface area contributed by atoms with Gasteiger partial charge in [-0.1, -0.05) is 35.5 Å². The van der Waals surface area contributed by atoms with E-state index in [1.165, 1.54) is 0 Å². The Labute approximate surface area is 102 Å². The van der Waals surface area contributed by atoms with Crippen molar-refractivity contribution in [2.45, 2.75) is 26.2 Å². The number of oxime groups is 1. The monoisotopic (exact) mass is 251 g/mol. The molecule has 5 heteroatoms. The highest BCUT2D eigenvalue weighted by molar-refractivity contribution is 6.72. The second-order valence-electron chi connectivity index (χ2n) is 4.53. The second-order valence-corrected chi connectivity index (χ2v) is 8.96. The van der Waals surface area contributed by atoms with E-state index in [0.717, 1.165) is 11.8 Å². The molecule has 0 saturated heterocycles. The molecule has 0 N–H and O–H groups in total. The molecule has 0 unspecified atom stereocenters. The topological polar surface area (TPSA) is 47.9 Å². The van der Waals surface area contributed by atoms with Gasteiger partial charge in [-0.3, -0.25) is 0 Å². The maximum atomic E-state index is 11.3. The lowest BCUT2D eigenvalue weighted by atomic mass is 10.2. The number of hydrogen-bond acceptors (Lipinski definition) is 4. The summed E-state index contributed by atoms with van der Waals surface area (Å²) in [6.07, 6.45) is 1.07. The zero-order valence-corrected chi connectivity index (χ0v) is 11.3. The van der Waals surface area contributed by atoms with Gasteiger partial charge in [0.05, 0.1) is 0 Å². The highest BCUT2D eigenvalue weighted by atomic mass is 28.4. The lowest BCUT2D eigenvalue weighted by Crippen LogP contribution is -2.29. The summed E-state index contributed by atoms with van der Waals surface area (Å²) in [6.45, 7) is 6.15. The third kappa shape index (κ3) is 6.52. The molecule has 0 heterocycles. The van der Waals surface area contributed by atoms with Gasteiger partial charge in [0, 0.05) is 0 Å².